The molecule has 0 fully saturated rings. The van der Waals surface area contributed by atoms with Crippen molar-refractivity contribution in [3.63, 3.8) is 0 Å². The molecule has 0 saturated carbocycles. The molecule has 0 bridgehead atoms. The number of Topliss-reactive ketones (excluding diaryl/α,β-unsaturated/α-hetero) is 1. The molecule has 3 rings (SSSR count). The van der Waals surface area contributed by atoms with E-state index >= 15 is 0 Å². The highest BCUT2D eigenvalue weighted by Gasteiger charge is 2.44. The predicted molar refractivity (Wildman–Crippen MR) is 128 cm³/mol. The summed E-state index contributed by atoms with van der Waals surface area (Å²) in [4.78, 5) is 29.8. The first kappa shape index (κ1) is 25.4. The smallest absolute Gasteiger partial charge is 0.290 e. The van der Waals surface area contributed by atoms with Crippen LogP contribution in [0.1, 0.15) is 54.1 Å². The van der Waals surface area contributed by atoms with E-state index in [-0.39, 0.29) is 11.3 Å². The molecule has 2 aromatic rings. The number of nitrogens with zero attached hydrogens (tertiary/aromatic N) is 2. The predicted octanol–water partition coefficient (Wildman–Crippen LogP) is 4.31. The maximum atomic E-state index is 13.4. The van der Waals surface area contributed by atoms with Crippen LogP contribution in [-0.2, 0) is 4.79 Å². The number of aryl methyl sites for hydroxylation is 1. The third-order valence-corrected chi connectivity index (χ3v) is 5.81. The Bertz CT molecular complexity index is 1060. The molecule has 1 aliphatic rings. The quantitative estimate of drug-likeness (QED) is 0.365. The second-order valence-corrected chi connectivity index (χ2v) is 8.67. The minimum Gasteiger partial charge on any atom is -0.503 e. The van der Waals surface area contributed by atoms with Gasteiger partial charge in [-0.25, -0.2) is 0 Å². The highest BCUT2D eigenvalue weighted by Crippen LogP contribution is 2.41. The Hall–Kier alpha value is -3.26. The average molecular weight is 471 g/mol. The Morgan fingerprint density at radius 1 is 1.18 bits per heavy atom. The van der Waals surface area contributed by atoms with Crippen molar-refractivity contribution < 1.29 is 28.6 Å². The summed E-state index contributed by atoms with van der Waals surface area (Å²) in [5, 5.41) is 10.8. The van der Waals surface area contributed by atoms with Gasteiger partial charge < -0.3 is 28.8 Å². The van der Waals surface area contributed by atoms with Crippen LogP contribution in [0.5, 0.6) is 11.5 Å². The number of furan rings is 1. The molecule has 8 nitrogen and oxygen atoms in total. The highest BCUT2D eigenvalue weighted by atomic mass is 16.5. The molecule has 1 N–H and O–H groups in total. The number of carbonyl (C=O) groups is 2. The van der Waals surface area contributed by atoms with E-state index in [1.807, 2.05) is 19.0 Å². The van der Waals surface area contributed by atoms with Gasteiger partial charge in [0.1, 0.15) is 5.76 Å². The summed E-state index contributed by atoms with van der Waals surface area (Å²) < 4.78 is 17.0. The van der Waals surface area contributed by atoms with Crippen molar-refractivity contribution in [2.75, 3.05) is 40.9 Å². The zero-order chi connectivity index (χ0) is 24.8. The molecule has 1 amide bonds. The van der Waals surface area contributed by atoms with Gasteiger partial charge in [0.15, 0.2) is 23.0 Å². The number of amides is 1. The van der Waals surface area contributed by atoms with Gasteiger partial charge in [0.2, 0.25) is 5.78 Å². The zero-order valence-corrected chi connectivity index (χ0v) is 20.6. The lowest BCUT2D eigenvalue weighted by Crippen LogP contribution is -2.36. The molecule has 1 aliphatic heterocycles. The van der Waals surface area contributed by atoms with E-state index < -0.39 is 23.5 Å². The third-order valence-electron chi connectivity index (χ3n) is 5.81. The Morgan fingerprint density at radius 2 is 1.94 bits per heavy atom. The van der Waals surface area contributed by atoms with Crippen molar-refractivity contribution in [1.29, 1.82) is 0 Å². The molecule has 1 unspecified atom stereocenters. The number of aliphatic hydroxyl groups is 1. The molecule has 34 heavy (non-hydrogen) atoms. The van der Waals surface area contributed by atoms with E-state index in [9.17, 15) is 14.7 Å². The molecule has 0 saturated heterocycles. The van der Waals surface area contributed by atoms with Crippen LogP contribution in [0.4, 0.5) is 0 Å². The fourth-order valence-corrected chi connectivity index (χ4v) is 3.97. The minimum atomic E-state index is -0.784. The van der Waals surface area contributed by atoms with E-state index in [1.54, 1.807) is 44.4 Å². The number of aliphatic hydroxyl groups excluding tert-OH is 1. The van der Waals surface area contributed by atoms with Gasteiger partial charge in [0, 0.05) is 13.1 Å². The first-order chi connectivity index (χ1) is 16.3. The Labute approximate surface area is 200 Å². The Kier molecular flexibility index (Phi) is 8.39. The lowest BCUT2D eigenvalue weighted by atomic mass is 9.94. The Balaban J connectivity index is 2.00. The summed E-state index contributed by atoms with van der Waals surface area (Å²) in [6.45, 7) is 5.32. The molecule has 0 radical (unpaired) electrons. The summed E-state index contributed by atoms with van der Waals surface area (Å²) >= 11 is 0. The van der Waals surface area contributed by atoms with Gasteiger partial charge in [-0.3, -0.25) is 9.59 Å². The molecule has 8 heteroatoms. The van der Waals surface area contributed by atoms with Crippen molar-refractivity contribution in [1.82, 2.24) is 9.80 Å². The van der Waals surface area contributed by atoms with E-state index in [1.165, 1.54) is 4.90 Å². The SMILES string of the molecule is CCCCCOc1ccc(C2C(C(=O)c3ccc(C)o3)=C(O)C(=O)N2CCN(C)C)cc1OC. The minimum absolute atomic E-state index is 0.00299. The van der Waals surface area contributed by atoms with Crippen LogP contribution in [0.2, 0.25) is 0 Å². The van der Waals surface area contributed by atoms with Crippen LogP contribution in [0.25, 0.3) is 0 Å². The largest absolute Gasteiger partial charge is 0.503 e. The lowest BCUT2D eigenvalue weighted by molar-refractivity contribution is -0.129. The molecular formula is C26H34N2O6. The fourth-order valence-electron chi connectivity index (χ4n) is 3.97. The molecule has 184 valence electrons. The number of carbonyl (C=O) groups excluding carboxylic acids is 2. The number of ketones is 1. The maximum Gasteiger partial charge on any atom is 0.290 e. The summed E-state index contributed by atoms with van der Waals surface area (Å²) in [6.07, 6.45) is 3.11. The number of hydrogen-bond donors (Lipinski definition) is 1. The van der Waals surface area contributed by atoms with Crippen molar-refractivity contribution in [2.45, 2.75) is 39.2 Å². The molecule has 1 aromatic heterocycles. The van der Waals surface area contributed by atoms with Crippen molar-refractivity contribution in [3.8, 4) is 11.5 Å². The molecule has 1 atom stereocenters. The van der Waals surface area contributed by atoms with E-state index in [2.05, 4.69) is 6.92 Å². The molecule has 1 aromatic carbocycles. The second-order valence-electron chi connectivity index (χ2n) is 8.67. The van der Waals surface area contributed by atoms with Crippen LogP contribution in [-0.4, -0.2) is 67.5 Å². The molecule has 0 aliphatic carbocycles. The van der Waals surface area contributed by atoms with Gasteiger partial charge in [0.05, 0.1) is 25.3 Å². The maximum absolute atomic E-state index is 13.4. The summed E-state index contributed by atoms with van der Waals surface area (Å²) in [5.41, 5.74) is 0.636. The van der Waals surface area contributed by atoms with E-state index in [0.717, 1.165) is 19.3 Å². The third kappa shape index (κ3) is 5.44. The monoisotopic (exact) mass is 470 g/mol. The summed E-state index contributed by atoms with van der Waals surface area (Å²) in [5.74, 6) is 0.0821. The highest BCUT2D eigenvalue weighted by molar-refractivity contribution is 6.15. The summed E-state index contributed by atoms with van der Waals surface area (Å²) in [6, 6.07) is 7.79. The zero-order valence-electron chi connectivity index (χ0n) is 20.6. The Morgan fingerprint density at radius 3 is 2.56 bits per heavy atom. The second kappa shape index (κ2) is 11.2. The number of unbranched alkanes of at least 4 members (excludes halogenated alkanes) is 2. The van der Waals surface area contributed by atoms with Crippen molar-refractivity contribution >= 4 is 11.7 Å². The average Bonchev–Trinajstić information content (AvgIpc) is 3.36. The van der Waals surface area contributed by atoms with Crippen LogP contribution in [0.15, 0.2) is 46.1 Å². The molecular weight excluding hydrogens is 436 g/mol. The van der Waals surface area contributed by atoms with Gasteiger partial charge in [-0.2, -0.15) is 0 Å². The van der Waals surface area contributed by atoms with E-state index in [0.29, 0.717) is 42.5 Å². The summed E-state index contributed by atoms with van der Waals surface area (Å²) in [7, 11) is 5.34. The van der Waals surface area contributed by atoms with Crippen molar-refractivity contribution in [3.05, 3.63) is 58.7 Å². The number of ether oxygens (including phenoxy) is 2. The van der Waals surface area contributed by atoms with Crippen LogP contribution >= 0.6 is 0 Å². The van der Waals surface area contributed by atoms with Gasteiger partial charge >= 0.3 is 0 Å². The lowest BCUT2D eigenvalue weighted by Gasteiger charge is -2.28. The number of benzene rings is 1. The topological polar surface area (TPSA) is 92.5 Å². The number of likely N-dealkylation sites (N-methyl/N-ethyl adjacent to an activating group) is 1. The van der Waals surface area contributed by atoms with Gasteiger partial charge in [-0.1, -0.05) is 25.8 Å². The first-order valence-electron chi connectivity index (χ1n) is 11.6. The van der Waals surface area contributed by atoms with Crippen molar-refractivity contribution in [2.24, 2.45) is 0 Å². The normalized spacial score (nSPS) is 16.0. The number of hydrogen-bond acceptors (Lipinski definition) is 7. The van der Waals surface area contributed by atoms with Gasteiger partial charge in [-0.15, -0.1) is 0 Å². The molecule has 2 heterocycles. The molecule has 0 spiro atoms. The first-order valence-corrected chi connectivity index (χ1v) is 11.6. The van der Waals surface area contributed by atoms with Crippen LogP contribution in [0, 0.1) is 6.92 Å². The number of methoxy groups -OCH3 is 1. The van der Waals surface area contributed by atoms with Gasteiger partial charge in [0.25, 0.3) is 5.91 Å². The standard InChI is InChI=1S/C26H34N2O6/c1-6-7-8-15-33-19-12-10-18(16-21(19)32-5)23-22(24(29)20-11-9-17(2)34-20)25(30)26(31)28(23)14-13-27(3)4/h9-12,16,23,30H,6-8,13-15H2,1-5H3. The fraction of sp³-hybridized carbons (Fsp3) is 0.462. The number of rotatable bonds is 12. The van der Waals surface area contributed by atoms with Gasteiger partial charge in [-0.05, 0) is 57.3 Å². The van der Waals surface area contributed by atoms with Crippen LogP contribution in [0.3, 0.4) is 0 Å². The van der Waals surface area contributed by atoms with E-state index in [4.69, 9.17) is 13.9 Å². The van der Waals surface area contributed by atoms with Crippen LogP contribution < -0.4 is 9.47 Å².